The molecule has 5 heteroatoms. The average molecular weight is 139 g/mol. The van der Waals surface area contributed by atoms with Crippen LogP contribution >= 0.6 is 0 Å². The minimum atomic E-state index is -1.18. The number of rotatable bonds is 3. The first kappa shape index (κ1) is 8.13. The van der Waals surface area contributed by atoms with Gasteiger partial charge in [-0.2, -0.15) is 0 Å². The number of amides is 1. The second-order valence-corrected chi connectivity index (χ2v) is 1.16. The lowest BCUT2D eigenvalue weighted by molar-refractivity contribution is 0.0979. The Kier molecular flexibility index (Phi) is 4.76. The first-order valence-corrected chi connectivity index (χ1v) is 2.33. The summed E-state index contributed by atoms with van der Waals surface area (Å²) < 4.78 is 26.1. The lowest BCUT2D eigenvalue weighted by Crippen LogP contribution is -2.25. The van der Waals surface area contributed by atoms with Gasteiger partial charge in [0.25, 0.3) is 0 Å². The molecule has 0 radical (unpaired) electrons. The molecule has 0 fully saturated rings. The Morgan fingerprint density at radius 3 is 2.67 bits per heavy atom. The van der Waals surface area contributed by atoms with Crippen LogP contribution in [0.25, 0.3) is 0 Å². The van der Waals surface area contributed by atoms with E-state index in [1.165, 1.54) is 0 Å². The van der Waals surface area contributed by atoms with Gasteiger partial charge in [0.1, 0.15) is 6.67 Å². The Hall–Kier alpha value is -0.870. The molecule has 0 saturated heterocycles. The van der Waals surface area contributed by atoms with E-state index in [1.54, 1.807) is 0 Å². The molecule has 0 atom stereocenters. The van der Waals surface area contributed by atoms with Crippen LogP contribution in [0, 0.1) is 0 Å². The van der Waals surface area contributed by atoms with Crippen LogP contribution in [0.2, 0.25) is 0 Å². The Morgan fingerprint density at radius 1 is 1.56 bits per heavy atom. The van der Waals surface area contributed by atoms with Crippen LogP contribution in [0.3, 0.4) is 0 Å². The van der Waals surface area contributed by atoms with E-state index in [2.05, 4.69) is 4.74 Å². The molecule has 3 nitrogen and oxygen atoms in total. The smallest absolute Gasteiger partial charge is 0.409 e. The Bertz CT molecular complexity index is 88.6. The van der Waals surface area contributed by atoms with Gasteiger partial charge in [-0.3, -0.25) is 0 Å². The van der Waals surface area contributed by atoms with Gasteiger partial charge in [-0.1, -0.05) is 0 Å². The maximum Gasteiger partial charge on any atom is 0.409 e. The van der Waals surface area contributed by atoms with Gasteiger partial charge in [-0.05, 0) is 0 Å². The van der Waals surface area contributed by atoms with E-state index in [1.807, 2.05) is 5.32 Å². The van der Waals surface area contributed by atoms with Gasteiger partial charge in [-0.15, -0.1) is 0 Å². The molecule has 0 heterocycles. The van der Waals surface area contributed by atoms with Crippen molar-refractivity contribution < 1.29 is 18.3 Å². The lowest BCUT2D eigenvalue weighted by Gasteiger charge is -1.98. The van der Waals surface area contributed by atoms with Crippen molar-refractivity contribution in [1.29, 1.82) is 0 Å². The zero-order valence-corrected chi connectivity index (χ0v) is 4.69. The third-order valence-electron chi connectivity index (χ3n) is 0.549. The van der Waals surface area contributed by atoms with E-state index in [4.69, 9.17) is 0 Å². The summed E-state index contributed by atoms with van der Waals surface area (Å²) in [5, 5.41) is 1.96. The monoisotopic (exact) mass is 139 g/mol. The highest BCUT2D eigenvalue weighted by Gasteiger charge is 1.96. The van der Waals surface area contributed by atoms with Crippen molar-refractivity contribution >= 4 is 6.09 Å². The molecule has 54 valence electrons. The SMILES string of the molecule is O=C(NCCF)OCF. The van der Waals surface area contributed by atoms with Crippen molar-refractivity contribution in [1.82, 2.24) is 5.32 Å². The molecule has 0 aliphatic carbocycles. The van der Waals surface area contributed by atoms with E-state index in [0.717, 1.165) is 0 Å². The average Bonchev–Trinajstić information content (AvgIpc) is 1.85. The highest BCUT2D eigenvalue weighted by Crippen LogP contribution is 1.76. The summed E-state index contributed by atoms with van der Waals surface area (Å²) in [6, 6.07) is 0. The predicted molar refractivity (Wildman–Crippen MR) is 26.4 cm³/mol. The van der Waals surface area contributed by atoms with Crippen molar-refractivity contribution in [3.63, 3.8) is 0 Å². The number of hydrogen-bond acceptors (Lipinski definition) is 2. The first-order chi connectivity index (χ1) is 4.31. The zero-order valence-electron chi connectivity index (χ0n) is 4.69. The number of carbonyl (C=O) groups excluding carboxylic acids is 1. The number of alkyl halides is 2. The summed E-state index contributed by atoms with van der Waals surface area (Å²) in [6.07, 6.45) is -0.935. The molecule has 0 aromatic heterocycles. The number of ether oxygens (including phenoxy) is 1. The highest BCUT2D eigenvalue weighted by atomic mass is 19.1. The fraction of sp³-hybridized carbons (Fsp3) is 0.750. The topological polar surface area (TPSA) is 38.3 Å². The van der Waals surface area contributed by atoms with Gasteiger partial charge in [0, 0.05) is 6.54 Å². The van der Waals surface area contributed by atoms with Crippen LogP contribution in [-0.4, -0.2) is 26.2 Å². The summed E-state index contributed by atoms with van der Waals surface area (Å²) in [6.45, 7) is -2.00. The molecule has 9 heavy (non-hydrogen) atoms. The summed E-state index contributed by atoms with van der Waals surface area (Å²) in [5.41, 5.74) is 0. The normalized spacial score (nSPS) is 8.67. The molecule has 1 N–H and O–H groups in total. The number of carbonyl (C=O) groups is 1. The summed E-state index contributed by atoms with van der Waals surface area (Å²) in [4.78, 5) is 10.1. The summed E-state index contributed by atoms with van der Waals surface area (Å²) >= 11 is 0. The minimum absolute atomic E-state index is 0.140. The van der Waals surface area contributed by atoms with E-state index in [9.17, 15) is 13.6 Å². The van der Waals surface area contributed by atoms with Crippen LogP contribution in [0.1, 0.15) is 0 Å². The summed E-state index contributed by atoms with van der Waals surface area (Å²) in [5.74, 6) is 0. The fourth-order valence-corrected chi connectivity index (χ4v) is 0.250. The molecule has 0 bridgehead atoms. The van der Waals surface area contributed by atoms with Crippen molar-refractivity contribution in [3.05, 3.63) is 0 Å². The van der Waals surface area contributed by atoms with Gasteiger partial charge in [0.15, 0.2) is 0 Å². The molecule has 0 saturated carbocycles. The molecule has 0 aliphatic heterocycles. The molecular weight excluding hydrogens is 132 g/mol. The zero-order chi connectivity index (χ0) is 7.11. The van der Waals surface area contributed by atoms with Gasteiger partial charge in [0.2, 0.25) is 6.86 Å². The van der Waals surface area contributed by atoms with Crippen LogP contribution in [-0.2, 0) is 4.74 Å². The molecule has 0 aromatic carbocycles. The van der Waals surface area contributed by atoms with Gasteiger partial charge in [0.05, 0.1) is 0 Å². The first-order valence-electron chi connectivity index (χ1n) is 2.33. The molecule has 0 aliphatic rings. The number of hydrogen-bond donors (Lipinski definition) is 1. The van der Waals surface area contributed by atoms with Crippen LogP contribution in [0.4, 0.5) is 13.6 Å². The molecule has 0 rings (SSSR count). The lowest BCUT2D eigenvalue weighted by atomic mass is 10.7. The van der Waals surface area contributed by atoms with Gasteiger partial charge >= 0.3 is 6.09 Å². The third kappa shape index (κ3) is 4.99. The van der Waals surface area contributed by atoms with Crippen molar-refractivity contribution in [2.24, 2.45) is 0 Å². The van der Waals surface area contributed by atoms with Crippen LogP contribution < -0.4 is 5.32 Å². The molecule has 0 spiro atoms. The standard InChI is InChI=1S/C4H7F2NO2/c5-1-2-7-4(8)9-3-6/h1-3H2,(H,7,8). The van der Waals surface area contributed by atoms with Crippen molar-refractivity contribution in [2.75, 3.05) is 20.1 Å². The summed E-state index contributed by atoms with van der Waals surface area (Å²) in [7, 11) is 0. The van der Waals surface area contributed by atoms with Gasteiger partial charge in [-0.25, -0.2) is 13.6 Å². The highest BCUT2D eigenvalue weighted by molar-refractivity contribution is 5.66. The van der Waals surface area contributed by atoms with E-state index >= 15 is 0 Å². The van der Waals surface area contributed by atoms with E-state index in [0.29, 0.717) is 0 Å². The maximum absolute atomic E-state index is 11.2. The second-order valence-electron chi connectivity index (χ2n) is 1.16. The Labute approximate surface area is 51.0 Å². The van der Waals surface area contributed by atoms with Crippen LogP contribution in [0.15, 0.2) is 0 Å². The van der Waals surface area contributed by atoms with Crippen molar-refractivity contribution in [3.8, 4) is 0 Å². The predicted octanol–water partition coefficient (Wildman–Crippen LogP) is 0.609. The van der Waals surface area contributed by atoms with E-state index in [-0.39, 0.29) is 6.54 Å². The largest absolute Gasteiger partial charge is 0.418 e. The molecule has 0 unspecified atom stereocenters. The Morgan fingerprint density at radius 2 is 2.22 bits per heavy atom. The second kappa shape index (κ2) is 5.27. The fourth-order valence-electron chi connectivity index (χ4n) is 0.250. The minimum Gasteiger partial charge on any atom is -0.418 e. The quantitative estimate of drug-likeness (QED) is 0.622. The van der Waals surface area contributed by atoms with Crippen molar-refractivity contribution in [2.45, 2.75) is 0 Å². The third-order valence-corrected chi connectivity index (χ3v) is 0.549. The van der Waals surface area contributed by atoms with E-state index < -0.39 is 19.6 Å². The molecule has 1 amide bonds. The van der Waals surface area contributed by atoms with Crippen LogP contribution in [0.5, 0.6) is 0 Å². The molecular formula is C4H7F2NO2. The Balaban J connectivity index is 3.06. The number of alkyl carbamates (subject to hydrolysis) is 1. The molecule has 0 aromatic rings. The number of nitrogens with one attached hydrogen (secondary N) is 1. The maximum atomic E-state index is 11.2. The number of halogens is 2. The van der Waals surface area contributed by atoms with Gasteiger partial charge < -0.3 is 10.1 Å².